The first-order chi connectivity index (χ1) is 14.9. The molecule has 2 aliphatic rings. The minimum absolute atomic E-state index is 0.115. The predicted molar refractivity (Wildman–Crippen MR) is 124 cm³/mol. The smallest absolute Gasteiger partial charge is 0.261 e. The number of rotatable bonds is 6. The van der Waals surface area contributed by atoms with Gasteiger partial charge in [0.2, 0.25) is 0 Å². The molecule has 0 aromatic heterocycles. The SMILES string of the molecule is O=C(NC1CCCC1)c1ccc(N2CCNCC2)c(NS(=O)(=O)c2ccc(Cl)cc2)c1. The van der Waals surface area contributed by atoms with E-state index in [9.17, 15) is 13.2 Å². The number of carbonyl (C=O) groups is 1. The zero-order chi connectivity index (χ0) is 21.8. The Morgan fingerprint density at radius 2 is 1.71 bits per heavy atom. The van der Waals surface area contributed by atoms with Gasteiger partial charge in [-0.25, -0.2) is 8.42 Å². The lowest BCUT2D eigenvalue weighted by atomic mass is 10.1. The van der Waals surface area contributed by atoms with Crippen molar-refractivity contribution in [1.29, 1.82) is 0 Å². The molecule has 0 spiro atoms. The number of hydrogen-bond donors (Lipinski definition) is 3. The lowest BCUT2D eigenvalue weighted by Crippen LogP contribution is -2.43. The molecule has 0 unspecified atom stereocenters. The maximum Gasteiger partial charge on any atom is 0.261 e. The molecule has 4 rings (SSSR count). The van der Waals surface area contributed by atoms with Gasteiger partial charge in [-0.1, -0.05) is 24.4 Å². The number of anilines is 2. The highest BCUT2D eigenvalue weighted by Crippen LogP contribution is 2.30. The Hall–Kier alpha value is -2.29. The molecule has 1 aliphatic heterocycles. The third-order valence-electron chi connectivity index (χ3n) is 5.78. The maximum atomic E-state index is 13.0. The van der Waals surface area contributed by atoms with Crippen LogP contribution in [-0.4, -0.2) is 46.5 Å². The maximum absolute atomic E-state index is 13.0. The summed E-state index contributed by atoms with van der Waals surface area (Å²) in [5, 5.41) is 6.83. The quantitative estimate of drug-likeness (QED) is 0.613. The average molecular weight is 463 g/mol. The molecule has 0 radical (unpaired) electrons. The Labute approximate surface area is 188 Å². The predicted octanol–water partition coefficient (Wildman–Crippen LogP) is 3.22. The third-order valence-corrected chi connectivity index (χ3v) is 7.41. The fourth-order valence-electron chi connectivity index (χ4n) is 4.10. The van der Waals surface area contributed by atoms with Gasteiger partial charge in [0.15, 0.2) is 0 Å². The van der Waals surface area contributed by atoms with E-state index in [1.165, 1.54) is 12.1 Å². The van der Waals surface area contributed by atoms with Crippen LogP contribution in [-0.2, 0) is 10.0 Å². The lowest BCUT2D eigenvalue weighted by molar-refractivity contribution is 0.0938. The molecule has 1 heterocycles. The number of sulfonamides is 1. The number of amides is 1. The van der Waals surface area contributed by atoms with E-state index in [2.05, 4.69) is 20.3 Å². The van der Waals surface area contributed by atoms with E-state index in [0.717, 1.165) is 57.5 Å². The number of benzene rings is 2. The second kappa shape index (κ2) is 9.46. The molecule has 1 amide bonds. The Morgan fingerprint density at radius 3 is 2.39 bits per heavy atom. The first-order valence-corrected chi connectivity index (χ1v) is 12.5. The highest BCUT2D eigenvalue weighted by molar-refractivity contribution is 7.92. The standard InChI is InChI=1S/C22H27ClN4O3S/c23-17-6-8-19(9-7-17)31(29,30)26-20-15-16(22(28)25-18-3-1-2-4-18)5-10-21(20)27-13-11-24-12-14-27/h5-10,15,18,24,26H,1-4,11-14H2,(H,25,28). The number of nitrogens with zero attached hydrogens (tertiary/aromatic N) is 1. The van der Waals surface area contributed by atoms with Crippen molar-refractivity contribution < 1.29 is 13.2 Å². The Morgan fingerprint density at radius 1 is 1.03 bits per heavy atom. The molecule has 7 nitrogen and oxygen atoms in total. The van der Waals surface area contributed by atoms with Crippen molar-refractivity contribution in [3.63, 3.8) is 0 Å². The highest BCUT2D eigenvalue weighted by Gasteiger charge is 2.23. The summed E-state index contributed by atoms with van der Waals surface area (Å²) in [5.74, 6) is -0.175. The average Bonchev–Trinajstić information content (AvgIpc) is 3.27. The normalized spacial score (nSPS) is 17.5. The first kappa shape index (κ1) is 21.9. The summed E-state index contributed by atoms with van der Waals surface area (Å²) in [6, 6.07) is 11.4. The van der Waals surface area contributed by atoms with Crippen molar-refractivity contribution in [2.75, 3.05) is 35.8 Å². The van der Waals surface area contributed by atoms with Gasteiger partial charge in [0, 0.05) is 42.8 Å². The number of carbonyl (C=O) groups excluding carboxylic acids is 1. The summed E-state index contributed by atoms with van der Waals surface area (Å²) in [7, 11) is -3.84. The molecular weight excluding hydrogens is 436 g/mol. The second-order valence-corrected chi connectivity index (χ2v) is 10.1. The van der Waals surface area contributed by atoms with Gasteiger partial charge in [-0.15, -0.1) is 0 Å². The molecule has 1 saturated carbocycles. The van der Waals surface area contributed by atoms with Crippen LogP contribution in [0.15, 0.2) is 47.4 Å². The minimum atomic E-state index is -3.84. The van der Waals surface area contributed by atoms with Crippen LogP contribution in [0.5, 0.6) is 0 Å². The molecule has 1 aliphatic carbocycles. The lowest BCUT2D eigenvalue weighted by Gasteiger charge is -2.31. The van der Waals surface area contributed by atoms with E-state index in [1.807, 2.05) is 6.07 Å². The van der Waals surface area contributed by atoms with Crippen LogP contribution in [0.1, 0.15) is 36.0 Å². The van der Waals surface area contributed by atoms with Crippen LogP contribution in [0.4, 0.5) is 11.4 Å². The number of piperazine rings is 1. The highest BCUT2D eigenvalue weighted by atomic mass is 35.5. The Kier molecular flexibility index (Phi) is 6.69. The zero-order valence-corrected chi connectivity index (χ0v) is 18.8. The van der Waals surface area contributed by atoms with Gasteiger partial charge in [-0.3, -0.25) is 9.52 Å². The van der Waals surface area contributed by atoms with Gasteiger partial charge in [-0.2, -0.15) is 0 Å². The third kappa shape index (κ3) is 5.31. The number of hydrogen-bond acceptors (Lipinski definition) is 5. The molecule has 31 heavy (non-hydrogen) atoms. The van der Waals surface area contributed by atoms with Crippen LogP contribution in [0.3, 0.4) is 0 Å². The topological polar surface area (TPSA) is 90.5 Å². The van der Waals surface area contributed by atoms with Crippen molar-refractivity contribution in [3.8, 4) is 0 Å². The number of nitrogens with one attached hydrogen (secondary N) is 3. The van der Waals surface area contributed by atoms with E-state index in [4.69, 9.17) is 11.6 Å². The van der Waals surface area contributed by atoms with E-state index in [1.54, 1.807) is 24.3 Å². The Balaban J connectivity index is 1.64. The van der Waals surface area contributed by atoms with E-state index in [0.29, 0.717) is 16.3 Å². The summed E-state index contributed by atoms with van der Waals surface area (Å²) in [5.41, 5.74) is 1.60. The minimum Gasteiger partial charge on any atom is -0.367 e. The molecule has 9 heteroatoms. The summed E-state index contributed by atoms with van der Waals surface area (Å²) in [4.78, 5) is 15.0. The van der Waals surface area contributed by atoms with Crippen LogP contribution >= 0.6 is 11.6 Å². The van der Waals surface area contributed by atoms with E-state index < -0.39 is 10.0 Å². The van der Waals surface area contributed by atoms with Gasteiger partial charge < -0.3 is 15.5 Å². The van der Waals surface area contributed by atoms with Crippen LogP contribution in [0, 0.1) is 0 Å². The molecule has 3 N–H and O–H groups in total. The van der Waals surface area contributed by atoms with Crippen LogP contribution < -0.4 is 20.3 Å². The largest absolute Gasteiger partial charge is 0.367 e. The van der Waals surface area contributed by atoms with Crippen molar-refractivity contribution >= 4 is 38.9 Å². The van der Waals surface area contributed by atoms with Crippen molar-refractivity contribution in [1.82, 2.24) is 10.6 Å². The van der Waals surface area contributed by atoms with Gasteiger partial charge in [0.1, 0.15) is 0 Å². The van der Waals surface area contributed by atoms with Gasteiger partial charge in [0.25, 0.3) is 15.9 Å². The van der Waals surface area contributed by atoms with Crippen molar-refractivity contribution in [2.24, 2.45) is 0 Å². The fourth-order valence-corrected chi connectivity index (χ4v) is 5.29. The zero-order valence-electron chi connectivity index (χ0n) is 17.2. The second-order valence-electron chi connectivity index (χ2n) is 7.98. The fraction of sp³-hybridized carbons (Fsp3) is 0.409. The molecule has 2 aromatic carbocycles. The molecule has 1 saturated heterocycles. The monoisotopic (exact) mass is 462 g/mol. The van der Waals surface area contributed by atoms with Crippen LogP contribution in [0.2, 0.25) is 5.02 Å². The van der Waals surface area contributed by atoms with Gasteiger partial charge >= 0.3 is 0 Å². The van der Waals surface area contributed by atoms with E-state index >= 15 is 0 Å². The van der Waals surface area contributed by atoms with Gasteiger partial charge in [0.05, 0.1) is 16.3 Å². The molecule has 0 bridgehead atoms. The van der Waals surface area contributed by atoms with Gasteiger partial charge in [-0.05, 0) is 55.3 Å². The summed E-state index contributed by atoms with van der Waals surface area (Å²) in [6.45, 7) is 3.13. The molecule has 2 fully saturated rings. The summed E-state index contributed by atoms with van der Waals surface area (Å²) in [6.07, 6.45) is 4.22. The van der Waals surface area contributed by atoms with E-state index in [-0.39, 0.29) is 16.8 Å². The summed E-state index contributed by atoms with van der Waals surface area (Å²) >= 11 is 5.90. The molecular formula is C22H27ClN4O3S. The first-order valence-electron chi connectivity index (χ1n) is 10.6. The van der Waals surface area contributed by atoms with Crippen molar-refractivity contribution in [3.05, 3.63) is 53.1 Å². The number of halogens is 1. The Bertz CT molecular complexity index is 1030. The summed E-state index contributed by atoms with van der Waals surface area (Å²) < 4.78 is 28.7. The van der Waals surface area contributed by atoms with Crippen molar-refractivity contribution in [2.45, 2.75) is 36.6 Å². The molecule has 0 atom stereocenters. The van der Waals surface area contributed by atoms with Crippen LogP contribution in [0.25, 0.3) is 0 Å². The molecule has 166 valence electrons. The molecule has 2 aromatic rings.